The molecule has 0 radical (unpaired) electrons. The van der Waals surface area contributed by atoms with Gasteiger partial charge in [-0.2, -0.15) is 0 Å². The SMILES string of the molecule is CCCCCCCCCCCCCCCCCCCCCCCC(=O)OC[C@H](COP(=O)(O)OC[C@@H](O)COP(=O)(O)OC[C@@H](COC(=O)CCCCCCCCCCCC(C)C)OC(=O)CCCCCCCCCCCCCCCC(C)C)OC(=O)CCCCCCCCCCCCCCCCCCCCCCC. The molecule has 19 heteroatoms. The van der Waals surface area contributed by atoms with Crippen LogP contribution in [0, 0.1) is 11.8 Å². The zero-order chi connectivity index (χ0) is 80.6. The van der Waals surface area contributed by atoms with E-state index in [9.17, 15) is 43.2 Å². The predicted octanol–water partition coefficient (Wildman–Crippen LogP) is 28.2. The van der Waals surface area contributed by atoms with Crippen LogP contribution in [0.25, 0.3) is 0 Å². The normalized spacial score (nSPS) is 13.7. The Labute approximate surface area is 677 Å². The fraction of sp³-hybridized carbons (Fsp3) is 0.956. The third-order valence-corrected chi connectivity index (χ3v) is 23.4. The minimum Gasteiger partial charge on any atom is -0.462 e. The second-order valence-electron chi connectivity index (χ2n) is 33.6. The van der Waals surface area contributed by atoms with Gasteiger partial charge in [-0.3, -0.25) is 37.3 Å². The zero-order valence-corrected chi connectivity index (χ0v) is 74.4. The van der Waals surface area contributed by atoms with Crippen LogP contribution in [0.2, 0.25) is 0 Å². The number of carbonyl (C=O) groups excluding carboxylic acids is 4. The van der Waals surface area contributed by atoms with Crippen molar-refractivity contribution >= 4 is 39.5 Å². The number of ether oxygens (including phenoxy) is 4. The molecule has 0 amide bonds. The van der Waals surface area contributed by atoms with Gasteiger partial charge in [0, 0.05) is 25.7 Å². The number of phosphoric ester groups is 2. The van der Waals surface area contributed by atoms with Gasteiger partial charge >= 0.3 is 39.5 Å². The molecule has 0 aromatic carbocycles. The minimum absolute atomic E-state index is 0.107. The van der Waals surface area contributed by atoms with Gasteiger partial charge in [-0.25, -0.2) is 9.13 Å². The molecule has 654 valence electrons. The molecular formula is C91H178O17P2. The molecule has 0 rings (SSSR count). The maximum atomic E-state index is 13.2. The summed E-state index contributed by atoms with van der Waals surface area (Å²) in [6.07, 6.45) is 76.6. The average Bonchev–Trinajstić information content (AvgIpc) is 0.897. The van der Waals surface area contributed by atoms with Crippen molar-refractivity contribution in [3.05, 3.63) is 0 Å². The Balaban J connectivity index is 5.24. The number of unbranched alkanes of at least 4 members (excludes halogenated alkanes) is 60. The molecule has 3 N–H and O–H groups in total. The summed E-state index contributed by atoms with van der Waals surface area (Å²) >= 11 is 0. The van der Waals surface area contributed by atoms with Crippen LogP contribution in [0.5, 0.6) is 0 Å². The van der Waals surface area contributed by atoms with E-state index in [4.69, 9.17) is 37.0 Å². The Bertz CT molecular complexity index is 2100. The number of carbonyl (C=O) groups is 4. The van der Waals surface area contributed by atoms with E-state index in [0.717, 1.165) is 102 Å². The van der Waals surface area contributed by atoms with Crippen LogP contribution in [0.1, 0.15) is 491 Å². The molecule has 0 saturated heterocycles. The van der Waals surface area contributed by atoms with Crippen LogP contribution in [0.15, 0.2) is 0 Å². The van der Waals surface area contributed by atoms with E-state index >= 15 is 0 Å². The van der Waals surface area contributed by atoms with Crippen molar-refractivity contribution < 1.29 is 80.2 Å². The van der Waals surface area contributed by atoms with Crippen molar-refractivity contribution in [3.8, 4) is 0 Å². The van der Waals surface area contributed by atoms with Gasteiger partial charge in [0.1, 0.15) is 19.3 Å². The van der Waals surface area contributed by atoms with Crippen molar-refractivity contribution in [2.24, 2.45) is 11.8 Å². The van der Waals surface area contributed by atoms with E-state index < -0.39 is 97.5 Å². The highest BCUT2D eigenvalue weighted by Gasteiger charge is 2.31. The number of phosphoric acid groups is 2. The monoisotopic (exact) mass is 1610 g/mol. The lowest BCUT2D eigenvalue weighted by Crippen LogP contribution is -2.30. The lowest BCUT2D eigenvalue weighted by atomic mass is 10.0. The highest BCUT2D eigenvalue weighted by molar-refractivity contribution is 7.47. The number of aliphatic hydroxyl groups is 1. The summed E-state index contributed by atoms with van der Waals surface area (Å²) in [7, 11) is -9.94. The second-order valence-corrected chi connectivity index (χ2v) is 36.6. The molecule has 0 saturated carbocycles. The summed E-state index contributed by atoms with van der Waals surface area (Å²) in [5, 5.41) is 10.7. The van der Waals surface area contributed by atoms with Gasteiger partial charge in [-0.1, -0.05) is 440 Å². The van der Waals surface area contributed by atoms with Crippen LogP contribution in [-0.4, -0.2) is 96.7 Å². The third kappa shape index (κ3) is 84.0. The molecular weight excluding hydrogens is 1430 g/mol. The van der Waals surface area contributed by atoms with Crippen molar-refractivity contribution in [3.63, 3.8) is 0 Å². The standard InChI is InChI=1S/C91H178O17P2/c1-7-9-11-13-15-17-19-21-23-25-27-29-31-33-35-39-43-49-55-61-67-73-88(93)101-79-86(107-90(95)75-69-63-57-50-44-40-36-34-32-30-28-26-24-22-20-18-16-14-12-10-8-2)81-105-109(97,98)103-77-85(92)78-104-110(99,100)106-82-87(80-102-89(94)74-68-62-56-52-46-48-54-60-66-72-84(5)6)108-91(96)76-70-64-58-51-45-41-37-38-42-47-53-59-65-71-83(3)4/h83-87,92H,7-82H2,1-6H3,(H,97,98)(H,99,100)/t85-,86-,87-/m1/s1. The van der Waals surface area contributed by atoms with Gasteiger partial charge in [0.25, 0.3) is 0 Å². The highest BCUT2D eigenvalue weighted by atomic mass is 31.2. The van der Waals surface area contributed by atoms with Gasteiger partial charge in [0.2, 0.25) is 0 Å². The summed E-state index contributed by atoms with van der Waals surface area (Å²) in [5.74, 6) is -0.567. The number of rotatable bonds is 90. The van der Waals surface area contributed by atoms with Crippen molar-refractivity contribution in [2.45, 2.75) is 509 Å². The minimum atomic E-state index is -4.97. The lowest BCUT2D eigenvalue weighted by molar-refractivity contribution is -0.161. The van der Waals surface area contributed by atoms with Crippen LogP contribution in [0.3, 0.4) is 0 Å². The molecule has 0 spiro atoms. The first kappa shape index (κ1) is 108. The first-order valence-electron chi connectivity index (χ1n) is 47.0. The summed E-state index contributed by atoms with van der Waals surface area (Å²) in [4.78, 5) is 73.4. The summed E-state index contributed by atoms with van der Waals surface area (Å²) in [6.45, 7) is 9.70. The molecule has 0 heterocycles. The number of hydrogen-bond donors (Lipinski definition) is 3. The Morgan fingerprint density at radius 3 is 0.618 bits per heavy atom. The van der Waals surface area contributed by atoms with Crippen LogP contribution in [-0.2, 0) is 65.4 Å². The Morgan fingerprint density at radius 2 is 0.418 bits per heavy atom. The van der Waals surface area contributed by atoms with Gasteiger partial charge < -0.3 is 33.8 Å². The number of hydrogen-bond acceptors (Lipinski definition) is 15. The molecule has 0 aliphatic rings. The van der Waals surface area contributed by atoms with Gasteiger partial charge in [0.05, 0.1) is 26.4 Å². The topological polar surface area (TPSA) is 237 Å². The van der Waals surface area contributed by atoms with Crippen LogP contribution >= 0.6 is 15.6 Å². The maximum absolute atomic E-state index is 13.2. The zero-order valence-electron chi connectivity index (χ0n) is 72.6. The van der Waals surface area contributed by atoms with Crippen molar-refractivity contribution in [2.75, 3.05) is 39.6 Å². The first-order chi connectivity index (χ1) is 53.4. The van der Waals surface area contributed by atoms with Crippen LogP contribution in [0.4, 0.5) is 0 Å². The largest absolute Gasteiger partial charge is 0.472 e. The van der Waals surface area contributed by atoms with Gasteiger partial charge in [-0.05, 0) is 37.5 Å². The quantitative estimate of drug-likeness (QED) is 0.0222. The molecule has 17 nitrogen and oxygen atoms in total. The maximum Gasteiger partial charge on any atom is 0.472 e. The molecule has 0 aromatic rings. The molecule has 0 aliphatic carbocycles. The average molecular weight is 1610 g/mol. The Kier molecular flexibility index (Phi) is 80.7. The highest BCUT2D eigenvalue weighted by Crippen LogP contribution is 2.45. The Morgan fingerprint density at radius 1 is 0.245 bits per heavy atom. The fourth-order valence-corrected chi connectivity index (χ4v) is 15.9. The molecule has 0 aromatic heterocycles. The lowest BCUT2D eigenvalue weighted by Gasteiger charge is -2.21. The molecule has 0 aliphatic heterocycles. The molecule has 0 bridgehead atoms. The summed E-state index contributed by atoms with van der Waals surface area (Å²) < 4.78 is 69.1. The second kappa shape index (κ2) is 82.2. The number of aliphatic hydroxyl groups excluding tert-OH is 1. The van der Waals surface area contributed by atoms with Crippen molar-refractivity contribution in [1.29, 1.82) is 0 Å². The molecule has 110 heavy (non-hydrogen) atoms. The van der Waals surface area contributed by atoms with E-state index in [0.29, 0.717) is 25.7 Å². The molecule has 0 fully saturated rings. The molecule has 5 atom stereocenters. The van der Waals surface area contributed by atoms with E-state index in [1.807, 2.05) is 0 Å². The number of esters is 4. The van der Waals surface area contributed by atoms with Gasteiger partial charge in [0.15, 0.2) is 12.2 Å². The first-order valence-corrected chi connectivity index (χ1v) is 50.0. The van der Waals surface area contributed by atoms with Gasteiger partial charge in [-0.15, -0.1) is 0 Å². The van der Waals surface area contributed by atoms with E-state index in [1.165, 1.54) is 308 Å². The Hall–Kier alpha value is -1.94. The predicted molar refractivity (Wildman–Crippen MR) is 455 cm³/mol. The fourth-order valence-electron chi connectivity index (χ4n) is 14.3. The van der Waals surface area contributed by atoms with E-state index in [1.54, 1.807) is 0 Å². The van der Waals surface area contributed by atoms with E-state index in [-0.39, 0.29) is 25.7 Å². The third-order valence-electron chi connectivity index (χ3n) is 21.5. The smallest absolute Gasteiger partial charge is 0.462 e. The van der Waals surface area contributed by atoms with Crippen molar-refractivity contribution in [1.82, 2.24) is 0 Å². The molecule has 2 unspecified atom stereocenters. The van der Waals surface area contributed by atoms with Crippen LogP contribution < -0.4 is 0 Å². The van der Waals surface area contributed by atoms with E-state index in [2.05, 4.69) is 41.5 Å². The summed E-state index contributed by atoms with van der Waals surface area (Å²) in [5.41, 5.74) is 0. The summed E-state index contributed by atoms with van der Waals surface area (Å²) in [6, 6.07) is 0.